The van der Waals surface area contributed by atoms with Crippen LogP contribution in [0.25, 0.3) is 0 Å². The first kappa shape index (κ1) is 23.8. The number of amides is 1. The minimum absolute atomic E-state index is 0.0628. The van der Waals surface area contributed by atoms with E-state index in [2.05, 4.69) is 5.32 Å². The molecule has 6 nitrogen and oxygen atoms in total. The second kappa shape index (κ2) is 10.2. The van der Waals surface area contributed by atoms with Crippen molar-refractivity contribution in [2.45, 2.75) is 25.3 Å². The van der Waals surface area contributed by atoms with Gasteiger partial charge in [0.05, 0.1) is 23.6 Å². The smallest absolute Gasteiger partial charge is 0.243 e. The van der Waals surface area contributed by atoms with Crippen molar-refractivity contribution in [3.8, 4) is 5.75 Å². The highest BCUT2D eigenvalue weighted by Crippen LogP contribution is 2.27. The van der Waals surface area contributed by atoms with Crippen LogP contribution in [0, 0.1) is 13.8 Å². The van der Waals surface area contributed by atoms with Gasteiger partial charge in [-0.15, -0.1) is 0 Å². The molecule has 0 aliphatic carbocycles. The number of methoxy groups -OCH3 is 1. The maximum absolute atomic E-state index is 13.3. The summed E-state index contributed by atoms with van der Waals surface area (Å²) in [6.45, 7) is 3.55. The quantitative estimate of drug-likeness (QED) is 0.511. The Balaban J connectivity index is 1.86. The molecule has 8 heteroatoms. The zero-order valence-electron chi connectivity index (χ0n) is 18.1. The summed E-state index contributed by atoms with van der Waals surface area (Å²) in [5.41, 5.74) is 3.24. The molecular formula is C24H25ClN2O4S. The average molecular weight is 473 g/mol. The Morgan fingerprint density at radius 3 is 2.12 bits per heavy atom. The van der Waals surface area contributed by atoms with Crippen LogP contribution in [0.2, 0.25) is 5.02 Å². The molecule has 0 saturated carbocycles. The van der Waals surface area contributed by atoms with Crippen molar-refractivity contribution in [3.05, 3.63) is 88.4 Å². The molecule has 1 amide bonds. The Morgan fingerprint density at radius 2 is 1.56 bits per heavy atom. The van der Waals surface area contributed by atoms with Gasteiger partial charge in [0.2, 0.25) is 15.9 Å². The van der Waals surface area contributed by atoms with Crippen molar-refractivity contribution in [1.82, 2.24) is 4.31 Å². The van der Waals surface area contributed by atoms with Crippen LogP contribution in [0.15, 0.2) is 71.6 Å². The summed E-state index contributed by atoms with van der Waals surface area (Å²) in [4.78, 5) is 12.9. The molecule has 0 fully saturated rings. The minimum atomic E-state index is -3.91. The van der Waals surface area contributed by atoms with Crippen molar-refractivity contribution in [3.63, 3.8) is 0 Å². The molecule has 0 heterocycles. The molecule has 0 aliphatic heterocycles. The molecule has 0 bridgehead atoms. The van der Waals surface area contributed by atoms with Crippen molar-refractivity contribution in [1.29, 1.82) is 0 Å². The molecule has 168 valence electrons. The second-order valence-corrected chi connectivity index (χ2v) is 9.81. The van der Waals surface area contributed by atoms with Gasteiger partial charge in [-0.25, -0.2) is 8.42 Å². The molecule has 0 aromatic heterocycles. The van der Waals surface area contributed by atoms with Crippen molar-refractivity contribution < 1.29 is 17.9 Å². The first-order valence-electron chi connectivity index (χ1n) is 9.95. The van der Waals surface area contributed by atoms with E-state index in [4.69, 9.17) is 16.3 Å². The fourth-order valence-corrected chi connectivity index (χ4v) is 4.73. The van der Waals surface area contributed by atoms with E-state index in [0.717, 1.165) is 16.7 Å². The third kappa shape index (κ3) is 5.88. The van der Waals surface area contributed by atoms with Crippen LogP contribution in [-0.2, 0) is 21.4 Å². The number of sulfonamides is 1. The number of hydrogen-bond acceptors (Lipinski definition) is 4. The summed E-state index contributed by atoms with van der Waals surface area (Å²) < 4.78 is 33.0. The number of carbonyl (C=O) groups excluding carboxylic acids is 1. The molecule has 0 radical (unpaired) electrons. The van der Waals surface area contributed by atoms with E-state index in [-0.39, 0.29) is 18.0 Å². The normalized spacial score (nSPS) is 11.4. The average Bonchev–Trinajstić information content (AvgIpc) is 2.75. The lowest BCUT2D eigenvalue weighted by atomic mass is 10.1. The number of anilines is 1. The second-order valence-electron chi connectivity index (χ2n) is 7.47. The Morgan fingerprint density at radius 1 is 0.969 bits per heavy atom. The number of aryl methyl sites for hydroxylation is 2. The van der Waals surface area contributed by atoms with Gasteiger partial charge >= 0.3 is 0 Å². The van der Waals surface area contributed by atoms with Gasteiger partial charge in [0, 0.05) is 12.2 Å². The largest absolute Gasteiger partial charge is 0.495 e. The molecule has 3 aromatic carbocycles. The molecule has 0 saturated heterocycles. The highest BCUT2D eigenvalue weighted by molar-refractivity contribution is 7.89. The summed E-state index contributed by atoms with van der Waals surface area (Å²) >= 11 is 6.12. The molecule has 3 aromatic rings. The number of carbonyl (C=O) groups is 1. The van der Waals surface area contributed by atoms with Crippen LogP contribution in [0.3, 0.4) is 0 Å². The zero-order chi connectivity index (χ0) is 23.3. The topological polar surface area (TPSA) is 75.7 Å². The lowest BCUT2D eigenvalue weighted by Gasteiger charge is -2.22. The number of benzene rings is 3. The number of ether oxygens (including phenoxy) is 1. The van der Waals surface area contributed by atoms with Gasteiger partial charge in [0.15, 0.2) is 0 Å². The van der Waals surface area contributed by atoms with Crippen LogP contribution in [-0.4, -0.2) is 32.3 Å². The van der Waals surface area contributed by atoms with E-state index >= 15 is 0 Å². The molecular weight excluding hydrogens is 448 g/mol. The predicted molar refractivity (Wildman–Crippen MR) is 127 cm³/mol. The van der Waals surface area contributed by atoms with E-state index in [0.29, 0.717) is 16.5 Å². The third-order valence-electron chi connectivity index (χ3n) is 4.89. The zero-order valence-corrected chi connectivity index (χ0v) is 19.7. The molecule has 1 N–H and O–H groups in total. The number of halogens is 1. The first-order chi connectivity index (χ1) is 15.2. The number of rotatable bonds is 8. The fraction of sp³-hybridized carbons (Fsp3) is 0.208. The fourth-order valence-electron chi connectivity index (χ4n) is 3.09. The molecule has 32 heavy (non-hydrogen) atoms. The van der Waals surface area contributed by atoms with Gasteiger partial charge in [0.25, 0.3) is 0 Å². The van der Waals surface area contributed by atoms with E-state index in [1.165, 1.54) is 11.4 Å². The molecule has 0 atom stereocenters. The van der Waals surface area contributed by atoms with Gasteiger partial charge in [-0.1, -0.05) is 59.1 Å². The van der Waals surface area contributed by atoms with Crippen molar-refractivity contribution >= 4 is 33.2 Å². The molecule has 0 spiro atoms. The summed E-state index contributed by atoms with van der Waals surface area (Å²) in [5.74, 6) is 0.00152. The van der Waals surface area contributed by atoms with E-state index in [9.17, 15) is 13.2 Å². The van der Waals surface area contributed by atoms with E-state index in [1.54, 1.807) is 42.5 Å². The van der Waals surface area contributed by atoms with Crippen LogP contribution in [0.5, 0.6) is 5.75 Å². The van der Waals surface area contributed by atoms with Crippen LogP contribution in [0.4, 0.5) is 5.69 Å². The van der Waals surface area contributed by atoms with Gasteiger partial charge in [0.1, 0.15) is 5.75 Å². The number of hydrogen-bond donors (Lipinski definition) is 1. The summed E-state index contributed by atoms with van der Waals surface area (Å²) in [6, 6.07) is 18.9. The van der Waals surface area contributed by atoms with Gasteiger partial charge in [-0.2, -0.15) is 4.31 Å². The van der Waals surface area contributed by atoms with Crippen molar-refractivity contribution in [2.75, 3.05) is 19.0 Å². The molecule has 0 unspecified atom stereocenters. The molecule has 0 aliphatic rings. The highest BCUT2D eigenvalue weighted by atomic mass is 35.5. The highest BCUT2D eigenvalue weighted by Gasteiger charge is 2.27. The summed E-state index contributed by atoms with van der Waals surface area (Å²) in [7, 11) is -2.41. The summed E-state index contributed by atoms with van der Waals surface area (Å²) in [6.07, 6.45) is 0. The minimum Gasteiger partial charge on any atom is -0.495 e. The van der Waals surface area contributed by atoms with Crippen LogP contribution < -0.4 is 10.1 Å². The van der Waals surface area contributed by atoms with Gasteiger partial charge in [-0.3, -0.25) is 4.79 Å². The van der Waals surface area contributed by atoms with E-state index < -0.39 is 15.9 Å². The Bertz CT molecular complexity index is 1190. The number of nitrogens with zero attached hydrogens (tertiary/aromatic N) is 1. The van der Waals surface area contributed by atoms with Gasteiger partial charge in [-0.05, 0) is 49.7 Å². The van der Waals surface area contributed by atoms with Crippen LogP contribution >= 0.6 is 11.6 Å². The first-order valence-corrected chi connectivity index (χ1v) is 11.8. The third-order valence-corrected chi connectivity index (χ3v) is 7.00. The Kier molecular flexibility index (Phi) is 7.56. The van der Waals surface area contributed by atoms with Gasteiger partial charge < -0.3 is 10.1 Å². The molecule has 3 rings (SSSR count). The maximum Gasteiger partial charge on any atom is 0.243 e. The monoisotopic (exact) mass is 472 g/mol. The maximum atomic E-state index is 13.3. The standard InChI is InChI=1S/C24H25ClN2O4S/c1-17-4-8-19(9-5-17)15-27(32(29,30)21-11-6-18(2)7-12-21)16-24(28)26-20-10-13-23(31-3)22(25)14-20/h4-14H,15-16H2,1-3H3,(H,26,28). The SMILES string of the molecule is COc1ccc(NC(=O)CN(Cc2ccc(C)cc2)S(=O)(=O)c2ccc(C)cc2)cc1Cl. The van der Waals surface area contributed by atoms with Crippen molar-refractivity contribution in [2.24, 2.45) is 0 Å². The van der Waals surface area contributed by atoms with Crippen LogP contribution in [0.1, 0.15) is 16.7 Å². The summed E-state index contributed by atoms with van der Waals surface area (Å²) in [5, 5.41) is 3.05. The number of nitrogens with one attached hydrogen (secondary N) is 1. The van der Waals surface area contributed by atoms with E-state index in [1.807, 2.05) is 38.1 Å². The Hall–Kier alpha value is -2.87. The Labute approximate surface area is 193 Å². The predicted octanol–water partition coefficient (Wildman–Crippen LogP) is 4.80. The lowest BCUT2D eigenvalue weighted by Crippen LogP contribution is -2.37. The lowest BCUT2D eigenvalue weighted by molar-refractivity contribution is -0.116.